The van der Waals surface area contributed by atoms with Gasteiger partial charge < -0.3 is 26.2 Å². The third-order valence-corrected chi connectivity index (χ3v) is 10.1. The van der Waals surface area contributed by atoms with Gasteiger partial charge in [0.05, 0.1) is 40.9 Å². The van der Waals surface area contributed by atoms with Gasteiger partial charge in [-0.3, -0.25) is 4.90 Å². The lowest BCUT2D eigenvalue weighted by molar-refractivity contribution is -0.138. The molecule has 2 amide bonds. The van der Waals surface area contributed by atoms with E-state index in [-0.39, 0.29) is 43.0 Å². The van der Waals surface area contributed by atoms with Crippen molar-refractivity contribution < 1.29 is 31.1 Å². The number of hydrogen-bond acceptors (Lipinski definition) is 9. The van der Waals surface area contributed by atoms with E-state index in [9.17, 15) is 31.1 Å². The molecule has 2 aliphatic carbocycles. The maximum Gasteiger partial charge on any atom is 0.416 e. The Morgan fingerprint density at radius 3 is 1.91 bits per heavy atom. The van der Waals surface area contributed by atoms with Crippen molar-refractivity contribution in [3.8, 4) is 22.8 Å². The molecule has 2 saturated heterocycles. The van der Waals surface area contributed by atoms with Crippen LogP contribution in [0.15, 0.2) is 60.9 Å². The summed E-state index contributed by atoms with van der Waals surface area (Å²) in [6.07, 6.45) is 0.829. The van der Waals surface area contributed by atoms with Crippen LogP contribution in [0.4, 0.5) is 54.1 Å². The third kappa shape index (κ3) is 8.54. The molecular weight excluding hydrogens is 747 g/mol. The molecule has 2 aromatic carbocycles. The molecule has 2 atom stereocenters. The number of aromatic nitrogens is 4. The van der Waals surface area contributed by atoms with Crippen LogP contribution >= 0.6 is 13.5 Å². The maximum atomic E-state index is 13.1. The third-order valence-electron chi connectivity index (χ3n) is 10.1. The molecule has 6 heterocycles. The minimum atomic E-state index is -4.44. The SMILES string of the molecule is FC(F)(F)c1cccc(-c2ncc3c(n2)N[C@H]2CCN3C2)c1.NC1CC1.O=C(NC1CC1)N1c2nc(-c3cccc(C(F)(F)F)c3)ncc2N2CC[C@H]1C2.S. The van der Waals surface area contributed by atoms with E-state index in [4.69, 9.17) is 5.73 Å². The van der Waals surface area contributed by atoms with Gasteiger partial charge in [0.25, 0.3) is 0 Å². The van der Waals surface area contributed by atoms with Gasteiger partial charge in [-0.15, -0.1) is 0 Å². The predicted octanol–water partition coefficient (Wildman–Crippen LogP) is 6.82. The van der Waals surface area contributed by atoms with Crippen LogP contribution in [0.2, 0.25) is 0 Å². The van der Waals surface area contributed by atoms with Crippen molar-refractivity contribution in [2.24, 2.45) is 5.73 Å². The van der Waals surface area contributed by atoms with E-state index >= 15 is 0 Å². The van der Waals surface area contributed by atoms with Crippen molar-refractivity contribution in [1.82, 2.24) is 25.3 Å². The molecule has 0 spiro atoms. The lowest BCUT2D eigenvalue weighted by atomic mass is 10.1. The molecule has 2 saturated carbocycles. The average molecular weight is 787 g/mol. The summed E-state index contributed by atoms with van der Waals surface area (Å²) in [5.74, 6) is 1.65. The van der Waals surface area contributed by atoms with Crippen LogP contribution in [0.1, 0.15) is 49.7 Å². The minimum Gasteiger partial charge on any atom is -0.365 e. The smallest absolute Gasteiger partial charge is 0.365 e. The largest absolute Gasteiger partial charge is 0.416 e. The number of hydrogen-bond donors (Lipinski definition) is 3. The van der Waals surface area contributed by atoms with Crippen molar-refractivity contribution >= 4 is 42.5 Å². The zero-order valence-electron chi connectivity index (χ0n) is 29.5. The number of rotatable bonds is 3. The van der Waals surface area contributed by atoms with Gasteiger partial charge in [0, 0.05) is 55.4 Å². The summed E-state index contributed by atoms with van der Waals surface area (Å²) >= 11 is 0. The van der Waals surface area contributed by atoms with Crippen molar-refractivity contribution in [2.45, 2.75) is 75.0 Å². The molecule has 4 bridgehead atoms. The predicted molar refractivity (Wildman–Crippen MR) is 201 cm³/mol. The minimum absolute atomic E-state index is 0. The van der Waals surface area contributed by atoms with Gasteiger partial charge in [0.1, 0.15) is 0 Å². The first-order valence-corrected chi connectivity index (χ1v) is 18.0. The lowest BCUT2D eigenvalue weighted by Crippen LogP contribution is -2.51. The number of benzene rings is 2. The summed E-state index contributed by atoms with van der Waals surface area (Å²) < 4.78 is 77.6. The van der Waals surface area contributed by atoms with Crippen molar-refractivity contribution in [3.05, 3.63) is 72.1 Å². The number of anilines is 4. The van der Waals surface area contributed by atoms with E-state index in [1.807, 2.05) is 0 Å². The quantitative estimate of drug-likeness (QED) is 0.192. The summed E-state index contributed by atoms with van der Waals surface area (Å²) in [6, 6.07) is 11.0. The van der Waals surface area contributed by atoms with Crippen LogP contribution in [-0.4, -0.2) is 76.3 Å². The van der Waals surface area contributed by atoms with Gasteiger partial charge in [-0.2, -0.15) is 39.8 Å². The number of fused-ring (bicyclic) bond motifs is 8. The molecule has 292 valence electrons. The Morgan fingerprint density at radius 2 is 1.33 bits per heavy atom. The Balaban J connectivity index is 0.000000154. The average Bonchev–Trinajstić information content (AvgIpc) is 4.07. The molecule has 4 aliphatic heterocycles. The zero-order valence-corrected chi connectivity index (χ0v) is 30.5. The van der Waals surface area contributed by atoms with E-state index in [1.165, 1.54) is 25.0 Å². The Morgan fingerprint density at radius 1 is 0.764 bits per heavy atom. The van der Waals surface area contributed by atoms with Crippen LogP contribution in [0.5, 0.6) is 0 Å². The van der Waals surface area contributed by atoms with Crippen LogP contribution in [0.3, 0.4) is 0 Å². The molecule has 4 fully saturated rings. The first-order valence-electron chi connectivity index (χ1n) is 18.0. The van der Waals surface area contributed by atoms with Crippen molar-refractivity contribution in [2.75, 3.05) is 46.2 Å². The Hall–Kier alpha value is -4.84. The van der Waals surface area contributed by atoms with E-state index in [0.29, 0.717) is 35.1 Å². The summed E-state index contributed by atoms with van der Waals surface area (Å²) in [5.41, 5.74) is 6.09. The molecule has 2 aromatic heterocycles. The molecule has 0 unspecified atom stereocenters. The van der Waals surface area contributed by atoms with E-state index in [1.54, 1.807) is 29.4 Å². The monoisotopic (exact) mass is 786 g/mol. The molecule has 4 aromatic rings. The first-order chi connectivity index (χ1) is 25.8. The molecule has 10 rings (SSSR count). The molecule has 18 heteroatoms. The number of carbonyl (C=O) groups excluding carboxylic acids is 1. The molecule has 4 N–H and O–H groups in total. The van der Waals surface area contributed by atoms with Crippen LogP contribution in [0.25, 0.3) is 22.8 Å². The second-order valence-corrected chi connectivity index (χ2v) is 14.4. The van der Waals surface area contributed by atoms with E-state index < -0.39 is 23.5 Å². The highest BCUT2D eigenvalue weighted by Gasteiger charge is 2.42. The number of nitrogens with zero attached hydrogens (tertiary/aromatic N) is 7. The fourth-order valence-electron chi connectivity index (χ4n) is 6.89. The molecule has 0 radical (unpaired) electrons. The lowest BCUT2D eigenvalue weighted by Gasteiger charge is -2.35. The van der Waals surface area contributed by atoms with Crippen molar-refractivity contribution in [1.29, 1.82) is 0 Å². The number of carbonyl (C=O) groups is 1. The van der Waals surface area contributed by atoms with Crippen LogP contribution in [0, 0.1) is 0 Å². The number of urea groups is 1. The maximum absolute atomic E-state index is 13.1. The van der Waals surface area contributed by atoms with Gasteiger partial charge in [-0.1, -0.05) is 24.3 Å². The Kier molecular flexibility index (Phi) is 10.5. The Labute approximate surface area is 320 Å². The molecule has 11 nitrogen and oxygen atoms in total. The van der Waals surface area contributed by atoms with Gasteiger partial charge in [-0.05, 0) is 62.8 Å². The molecular formula is C37H40F6N10OS. The fourth-order valence-corrected chi connectivity index (χ4v) is 6.89. The highest BCUT2D eigenvalue weighted by atomic mass is 32.1. The second-order valence-electron chi connectivity index (χ2n) is 14.4. The summed E-state index contributed by atoms with van der Waals surface area (Å²) in [5, 5.41) is 6.32. The molecule has 6 aliphatic rings. The number of halogens is 6. The van der Waals surface area contributed by atoms with E-state index in [0.717, 1.165) is 87.5 Å². The van der Waals surface area contributed by atoms with Gasteiger partial charge >= 0.3 is 18.4 Å². The van der Waals surface area contributed by atoms with Gasteiger partial charge in [-0.25, -0.2) is 24.7 Å². The highest BCUT2D eigenvalue weighted by Crippen LogP contribution is 2.41. The topological polar surface area (TPSA) is 128 Å². The standard InChI is InChI=1S/C19H18F3N5O.C15H13F3N4.C3H7N.H2S/c20-19(21,22)12-3-1-2-11(8-12)16-23-9-15-17(25-16)27(14-6-7-26(15)10-14)18(28)24-13-4-5-13;16-15(17,18)10-3-1-2-9(6-10)13-19-7-12-14(21-13)20-11-4-5-22(12)8-11;4-3-1-2-3;/h1-3,8-9,13-14H,4-7,10H2,(H,24,28);1-3,6-7,11H,4-5,8H2,(H,19,20,21);3H,1-2,4H2;1H2/t14-;11-;;/m00../s1. The number of nitrogens with one attached hydrogen (secondary N) is 2. The van der Waals surface area contributed by atoms with Gasteiger partial charge in [0.2, 0.25) is 0 Å². The second kappa shape index (κ2) is 15.0. The highest BCUT2D eigenvalue weighted by molar-refractivity contribution is 7.59. The summed E-state index contributed by atoms with van der Waals surface area (Å²) in [7, 11) is 0. The number of alkyl halides is 6. The number of nitrogens with two attached hydrogens (primary N) is 1. The Bertz CT molecular complexity index is 2040. The summed E-state index contributed by atoms with van der Waals surface area (Å²) in [4.78, 5) is 36.3. The molecule has 55 heavy (non-hydrogen) atoms. The fraction of sp³-hybridized carbons (Fsp3) is 0.432. The van der Waals surface area contributed by atoms with Gasteiger partial charge in [0.15, 0.2) is 23.3 Å². The normalized spacial score (nSPS) is 20.5. The van der Waals surface area contributed by atoms with Crippen molar-refractivity contribution in [3.63, 3.8) is 0 Å². The number of amides is 2. The van der Waals surface area contributed by atoms with Crippen LogP contribution < -0.4 is 31.1 Å². The summed E-state index contributed by atoms with van der Waals surface area (Å²) in [6.45, 7) is 3.41. The van der Waals surface area contributed by atoms with Crippen LogP contribution in [-0.2, 0) is 12.4 Å². The zero-order chi connectivity index (χ0) is 37.8. The first kappa shape index (κ1) is 38.4. The van der Waals surface area contributed by atoms with E-state index in [2.05, 4.69) is 40.4 Å².